The van der Waals surface area contributed by atoms with Crippen molar-refractivity contribution in [2.45, 2.75) is 124 Å². The number of anilines is 1. The first-order chi connectivity index (χ1) is 25.2. The SMILES string of the molecule is CC(C)CCCC(C)C1CCC2C3CC=C4CC(OC(=O)c5ccc(N6C(=O)CC7C(CC8C(=O)N(C)C(=O)C87)C6=O)cc5)CCC4(C)C3CCC12C. The van der Waals surface area contributed by atoms with Crippen LogP contribution in [0.2, 0.25) is 0 Å². The van der Waals surface area contributed by atoms with Crippen molar-refractivity contribution in [1.29, 1.82) is 0 Å². The molecule has 0 bridgehead atoms. The molecule has 4 saturated carbocycles. The average Bonchev–Trinajstić information content (AvgIpc) is 3.75. The number of nitrogens with zero attached hydrogens (tertiary/aromatic N) is 2. The number of ether oxygens (including phenoxy) is 1. The molecule has 0 spiro atoms. The van der Waals surface area contributed by atoms with E-state index in [0.29, 0.717) is 22.6 Å². The topological polar surface area (TPSA) is 101 Å². The van der Waals surface area contributed by atoms with E-state index in [1.54, 1.807) is 24.3 Å². The molecule has 6 fully saturated rings. The molecule has 286 valence electrons. The lowest BCUT2D eigenvalue weighted by Crippen LogP contribution is -2.51. The Hall–Kier alpha value is -3.29. The molecule has 2 saturated heterocycles. The van der Waals surface area contributed by atoms with Crippen LogP contribution in [0.1, 0.15) is 128 Å². The van der Waals surface area contributed by atoms with Gasteiger partial charge in [0, 0.05) is 25.8 Å². The van der Waals surface area contributed by atoms with E-state index in [-0.39, 0.29) is 54.0 Å². The number of esters is 1. The molecule has 12 unspecified atom stereocenters. The van der Waals surface area contributed by atoms with Crippen LogP contribution in [0.4, 0.5) is 5.69 Å². The molecule has 0 radical (unpaired) electrons. The molecule has 8 rings (SSSR count). The Labute approximate surface area is 315 Å². The minimum atomic E-state index is -0.593. The maximum absolute atomic E-state index is 13.6. The van der Waals surface area contributed by atoms with Gasteiger partial charge in [-0.15, -0.1) is 0 Å². The molecular weight excluding hydrogens is 665 g/mol. The Kier molecular flexibility index (Phi) is 9.32. The number of imide groups is 2. The van der Waals surface area contributed by atoms with Gasteiger partial charge < -0.3 is 4.74 Å². The molecule has 1 aromatic carbocycles. The van der Waals surface area contributed by atoms with Gasteiger partial charge in [-0.2, -0.15) is 0 Å². The van der Waals surface area contributed by atoms with E-state index in [1.165, 1.54) is 62.5 Å². The summed E-state index contributed by atoms with van der Waals surface area (Å²) in [5, 5.41) is 0. The number of carbonyl (C=O) groups excluding carboxylic acids is 5. The second-order valence-electron chi connectivity index (χ2n) is 19.3. The summed E-state index contributed by atoms with van der Waals surface area (Å²) in [6, 6.07) is 6.52. The van der Waals surface area contributed by atoms with Crippen molar-refractivity contribution in [3.05, 3.63) is 41.5 Å². The van der Waals surface area contributed by atoms with Crippen LogP contribution >= 0.6 is 0 Å². The fraction of sp³-hybridized carbons (Fsp3) is 0.711. The number of benzene rings is 1. The summed E-state index contributed by atoms with van der Waals surface area (Å²) >= 11 is 0. The molecule has 8 nitrogen and oxygen atoms in total. The average molecular weight is 725 g/mol. The van der Waals surface area contributed by atoms with Gasteiger partial charge in [0.25, 0.3) is 0 Å². The van der Waals surface area contributed by atoms with Gasteiger partial charge in [0.1, 0.15) is 6.10 Å². The summed E-state index contributed by atoms with van der Waals surface area (Å²) < 4.78 is 6.14. The Morgan fingerprint density at radius 1 is 0.849 bits per heavy atom. The summed E-state index contributed by atoms with van der Waals surface area (Å²) in [7, 11) is 1.47. The highest BCUT2D eigenvalue weighted by Gasteiger charge is 2.62. The van der Waals surface area contributed by atoms with Crippen molar-refractivity contribution in [2.75, 3.05) is 11.9 Å². The van der Waals surface area contributed by atoms with Gasteiger partial charge >= 0.3 is 5.97 Å². The lowest BCUT2D eigenvalue weighted by molar-refractivity contribution is -0.140. The highest BCUT2D eigenvalue weighted by Crippen LogP contribution is 2.67. The minimum Gasteiger partial charge on any atom is -0.458 e. The van der Waals surface area contributed by atoms with E-state index in [4.69, 9.17) is 4.74 Å². The zero-order valence-electron chi connectivity index (χ0n) is 32.8. The Morgan fingerprint density at radius 2 is 1.60 bits per heavy atom. The van der Waals surface area contributed by atoms with Crippen LogP contribution < -0.4 is 4.90 Å². The third-order valence-electron chi connectivity index (χ3n) is 16.3. The number of hydrogen-bond donors (Lipinski definition) is 0. The van der Waals surface area contributed by atoms with Crippen LogP contribution in [0.5, 0.6) is 0 Å². The van der Waals surface area contributed by atoms with Crippen LogP contribution in [0.15, 0.2) is 35.9 Å². The van der Waals surface area contributed by atoms with Crippen LogP contribution in [-0.2, 0) is 23.9 Å². The van der Waals surface area contributed by atoms with Gasteiger partial charge in [-0.05, 0) is 128 Å². The minimum absolute atomic E-state index is 0.0462. The third-order valence-corrected chi connectivity index (χ3v) is 16.3. The standard InChI is InChI=1S/C45H60N2O6/c1-25(2)8-7-9-26(3)35-16-17-36-31-15-12-28-22-30(18-20-44(28,4)37(31)19-21-45(35,36)5)53-43(52)27-10-13-29(14-11-27)47-38(48)24-32-33(41(47)50)23-34-39(32)42(51)46(6)40(34)49/h10-14,25-26,30-37,39H,7-9,15-24H2,1-6H3. The van der Waals surface area contributed by atoms with Crippen molar-refractivity contribution >= 4 is 35.3 Å². The molecule has 0 aromatic heterocycles. The second kappa shape index (κ2) is 13.5. The van der Waals surface area contributed by atoms with Crippen LogP contribution in [0, 0.1) is 70.0 Å². The lowest BCUT2D eigenvalue weighted by Gasteiger charge is -2.58. The van der Waals surface area contributed by atoms with Crippen molar-refractivity contribution < 1.29 is 28.7 Å². The number of piperidine rings is 1. The molecule has 1 aromatic rings. The van der Waals surface area contributed by atoms with Crippen molar-refractivity contribution in [2.24, 2.45) is 70.0 Å². The fourth-order valence-electron chi connectivity index (χ4n) is 13.5. The number of carbonyl (C=O) groups is 5. The molecule has 4 amide bonds. The number of amides is 4. The first-order valence-electron chi connectivity index (χ1n) is 20.9. The molecule has 53 heavy (non-hydrogen) atoms. The number of likely N-dealkylation sites (tertiary alicyclic amines) is 1. The normalized spacial score (nSPS) is 39.7. The van der Waals surface area contributed by atoms with Gasteiger partial charge in [-0.1, -0.05) is 65.5 Å². The second-order valence-corrected chi connectivity index (χ2v) is 19.3. The number of rotatable bonds is 8. The molecule has 5 aliphatic carbocycles. The van der Waals surface area contributed by atoms with Crippen LogP contribution in [-0.4, -0.2) is 47.6 Å². The van der Waals surface area contributed by atoms with Crippen LogP contribution in [0.25, 0.3) is 0 Å². The molecule has 0 N–H and O–H groups in total. The van der Waals surface area contributed by atoms with Gasteiger partial charge in [-0.25, -0.2) is 4.79 Å². The maximum atomic E-state index is 13.6. The number of fused-ring (bicyclic) bond motifs is 8. The van der Waals surface area contributed by atoms with Crippen LogP contribution in [0.3, 0.4) is 0 Å². The number of allylic oxidation sites excluding steroid dienone is 1. The Balaban J connectivity index is 0.889. The summed E-state index contributed by atoms with van der Waals surface area (Å²) in [6.45, 7) is 12.4. The fourth-order valence-corrected chi connectivity index (χ4v) is 13.5. The molecule has 12 atom stereocenters. The van der Waals surface area contributed by atoms with Crippen molar-refractivity contribution in [3.63, 3.8) is 0 Å². The Morgan fingerprint density at radius 3 is 2.34 bits per heavy atom. The maximum Gasteiger partial charge on any atom is 0.338 e. The van der Waals surface area contributed by atoms with E-state index < -0.39 is 23.7 Å². The highest BCUT2D eigenvalue weighted by molar-refractivity contribution is 6.19. The van der Waals surface area contributed by atoms with Gasteiger partial charge in [0.15, 0.2) is 0 Å². The monoisotopic (exact) mass is 724 g/mol. The quantitative estimate of drug-likeness (QED) is 0.152. The van der Waals surface area contributed by atoms with Crippen molar-refractivity contribution in [3.8, 4) is 0 Å². The van der Waals surface area contributed by atoms with E-state index in [1.807, 2.05) is 0 Å². The van der Waals surface area contributed by atoms with Crippen molar-refractivity contribution in [1.82, 2.24) is 4.90 Å². The number of hydrogen-bond acceptors (Lipinski definition) is 6. The van der Waals surface area contributed by atoms with E-state index in [9.17, 15) is 24.0 Å². The summed E-state index contributed by atoms with van der Waals surface area (Å²) in [5.74, 6) is 0.962. The molecule has 8 heteroatoms. The predicted octanol–water partition coefficient (Wildman–Crippen LogP) is 8.38. The molecule has 7 aliphatic rings. The zero-order valence-corrected chi connectivity index (χ0v) is 32.8. The first-order valence-corrected chi connectivity index (χ1v) is 20.9. The lowest BCUT2D eigenvalue weighted by atomic mass is 9.47. The highest BCUT2D eigenvalue weighted by atomic mass is 16.5. The van der Waals surface area contributed by atoms with E-state index in [2.05, 4.69) is 40.7 Å². The predicted molar refractivity (Wildman–Crippen MR) is 202 cm³/mol. The zero-order chi connectivity index (χ0) is 37.6. The first kappa shape index (κ1) is 36.7. The van der Waals surface area contributed by atoms with Gasteiger partial charge in [-0.3, -0.25) is 29.0 Å². The van der Waals surface area contributed by atoms with E-state index in [0.717, 1.165) is 60.2 Å². The Bertz CT molecular complexity index is 1710. The summed E-state index contributed by atoms with van der Waals surface area (Å²) in [5.41, 5.74) is 2.92. The smallest absolute Gasteiger partial charge is 0.338 e. The van der Waals surface area contributed by atoms with E-state index >= 15 is 0 Å². The van der Waals surface area contributed by atoms with Gasteiger partial charge in [0.05, 0.1) is 23.1 Å². The molecular formula is C45H60N2O6. The summed E-state index contributed by atoms with van der Waals surface area (Å²) in [4.78, 5) is 68.0. The van der Waals surface area contributed by atoms with Gasteiger partial charge in [0.2, 0.25) is 23.6 Å². The molecule has 2 heterocycles. The third kappa shape index (κ3) is 5.86. The summed E-state index contributed by atoms with van der Waals surface area (Å²) in [6.07, 6.45) is 16.1. The molecule has 2 aliphatic heterocycles. The largest absolute Gasteiger partial charge is 0.458 e.